The predicted molar refractivity (Wildman–Crippen MR) is 91.2 cm³/mol. The summed E-state index contributed by atoms with van der Waals surface area (Å²) in [4.78, 5) is 0. The Morgan fingerprint density at radius 2 is 1.95 bits per heavy atom. The molecule has 0 aliphatic carbocycles. The molecule has 1 rings (SSSR count). The van der Waals surface area contributed by atoms with Gasteiger partial charge in [0, 0.05) is 21.2 Å². The molecule has 1 aromatic rings. The Kier molecular flexibility index (Phi) is 8.10. The van der Waals surface area contributed by atoms with E-state index in [1.54, 1.807) is 0 Å². The van der Waals surface area contributed by atoms with E-state index in [9.17, 15) is 5.11 Å². The van der Waals surface area contributed by atoms with Crippen LogP contribution in [-0.4, -0.2) is 30.5 Å². The van der Waals surface area contributed by atoms with Gasteiger partial charge in [-0.2, -0.15) is 0 Å². The summed E-state index contributed by atoms with van der Waals surface area (Å²) in [5.41, 5.74) is 0.961. The number of rotatable bonds is 8. The summed E-state index contributed by atoms with van der Waals surface area (Å²) in [5, 5.41) is 13.1. The summed E-state index contributed by atoms with van der Waals surface area (Å²) in [6, 6.07) is 5.89. The Balaban J connectivity index is 2.30. The van der Waals surface area contributed by atoms with Gasteiger partial charge in [-0.15, -0.1) is 0 Å². The molecule has 114 valence electrons. The lowest BCUT2D eigenvalue weighted by Crippen LogP contribution is -2.27. The smallest absolute Gasteiger partial charge is 0.0945 e. The second-order valence-corrected chi connectivity index (χ2v) is 7.20. The van der Waals surface area contributed by atoms with Gasteiger partial charge in [-0.1, -0.05) is 29.8 Å². The Hall–Kier alpha value is -0.100. The molecule has 1 aromatic carbocycles. The highest BCUT2D eigenvalue weighted by molar-refractivity contribution is 9.11. The predicted octanol–water partition coefficient (Wildman–Crippen LogP) is 4.44. The molecule has 2 atom stereocenters. The van der Waals surface area contributed by atoms with Gasteiger partial charge in [0.1, 0.15) is 0 Å². The highest BCUT2D eigenvalue weighted by atomic mass is 79.9. The van der Waals surface area contributed by atoms with Gasteiger partial charge in [0.05, 0.1) is 18.8 Å². The number of anilines is 1. The fourth-order valence-corrected chi connectivity index (χ4v) is 3.11. The van der Waals surface area contributed by atoms with Crippen LogP contribution >= 0.6 is 31.9 Å². The Bertz CT molecular complexity index is 413. The fourth-order valence-electron chi connectivity index (χ4n) is 1.93. The van der Waals surface area contributed by atoms with E-state index in [0.717, 1.165) is 21.1 Å². The third kappa shape index (κ3) is 7.07. The van der Waals surface area contributed by atoms with Crippen LogP contribution in [0.4, 0.5) is 5.69 Å². The molecular formula is C15H23Br2NO2. The average Bonchev–Trinajstić information content (AvgIpc) is 2.34. The zero-order chi connectivity index (χ0) is 15.1. The van der Waals surface area contributed by atoms with Gasteiger partial charge < -0.3 is 15.2 Å². The van der Waals surface area contributed by atoms with Gasteiger partial charge in [-0.25, -0.2) is 0 Å². The number of hydrogen-bond acceptors (Lipinski definition) is 3. The van der Waals surface area contributed by atoms with Crippen molar-refractivity contribution < 1.29 is 9.84 Å². The third-order valence-corrected chi connectivity index (χ3v) is 3.99. The van der Waals surface area contributed by atoms with Crippen molar-refractivity contribution >= 4 is 37.5 Å². The van der Waals surface area contributed by atoms with Crippen LogP contribution in [-0.2, 0) is 4.74 Å². The number of halogens is 2. The van der Waals surface area contributed by atoms with Crippen molar-refractivity contribution in [2.24, 2.45) is 5.92 Å². The maximum atomic E-state index is 9.93. The molecule has 5 heteroatoms. The summed E-state index contributed by atoms with van der Waals surface area (Å²) >= 11 is 6.89. The highest BCUT2D eigenvalue weighted by Gasteiger charge is 2.10. The van der Waals surface area contributed by atoms with Crippen LogP contribution in [0, 0.1) is 5.92 Å². The van der Waals surface area contributed by atoms with Crippen molar-refractivity contribution in [3.8, 4) is 0 Å². The quantitative estimate of drug-likeness (QED) is 0.668. The zero-order valence-corrected chi connectivity index (χ0v) is 15.4. The number of hydrogen-bond donors (Lipinski definition) is 2. The minimum atomic E-state index is -0.514. The SMILES string of the molecule is CC(C)CC(C)OCC(O)CNc1ccc(Br)cc1Br. The molecule has 2 N–H and O–H groups in total. The van der Waals surface area contributed by atoms with E-state index < -0.39 is 6.10 Å². The standard InChI is InChI=1S/C15H23Br2NO2/c1-10(2)6-11(3)20-9-13(19)8-18-15-5-4-12(16)7-14(15)17/h4-5,7,10-11,13,18-19H,6,8-9H2,1-3H3. The van der Waals surface area contributed by atoms with Crippen LogP contribution in [0.3, 0.4) is 0 Å². The van der Waals surface area contributed by atoms with E-state index in [-0.39, 0.29) is 6.10 Å². The van der Waals surface area contributed by atoms with E-state index in [1.807, 2.05) is 25.1 Å². The minimum absolute atomic E-state index is 0.184. The molecule has 0 radical (unpaired) electrons. The summed E-state index contributed by atoms with van der Waals surface area (Å²) in [7, 11) is 0. The first-order valence-electron chi connectivity index (χ1n) is 6.87. The van der Waals surface area contributed by atoms with Crippen molar-refractivity contribution in [1.82, 2.24) is 0 Å². The Labute approximate surface area is 138 Å². The first kappa shape index (κ1) is 18.0. The molecule has 0 heterocycles. The number of aliphatic hydroxyl groups is 1. The molecule has 0 spiro atoms. The molecule has 0 saturated carbocycles. The van der Waals surface area contributed by atoms with Gasteiger partial charge in [0.15, 0.2) is 0 Å². The minimum Gasteiger partial charge on any atom is -0.389 e. The van der Waals surface area contributed by atoms with Crippen molar-refractivity contribution in [3.05, 3.63) is 27.1 Å². The lowest BCUT2D eigenvalue weighted by molar-refractivity contribution is -0.00444. The van der Waals surface area contributed by atoms with E-state index in [4.69, 9.17) is 4.74 Å². The first-order valence-corrected chi connectivity index (χ1v) is 8.45. The molecule has 0 aromatic heterocycles. The molecule has 0 amide bonds. The van der Waals surface area contributed by atoms with Crippen molar-refractivity contribution in [3.63, 3.8) is 0 Å². The second kappa shape index (κ2) is 9.03. The van der Waals surface area contributed by atoms with Crippen LogP contribution in [0.1, 0.15) is 27.2 Å². The number of nitrogens with one attached hydrogen (secondary N) is 1. The van der Waals surface area contributed by atoms with Crippen LogP contribution < -0.4 is 5.32 Å². The van der Waals surface area contributed by atoms with Crippen molar-refractivity contribution in [2.75, 3.05) is 18.5 Å². The topological polar surface area (TPSA) is 41.5 Å². The van der Waals surface area contributed by atoms with Crippen LogP contribution in [0.2, 0.25) is 0 Å². The van der Waals surface area contributed by atoms with Gasteiger partial charge in [0.2, 0.25) is 0 Å². The Morgan fingerprint density at radius 3 is 2.55 bits per heavy atom. The summed E-state index contributed by atoms with van der Waals surface area (Å²) in [6.45, 7) is 7.21. The fraction of sp³-hybridized carbons (Fsp3) is 0.600. The maximum absolute atomic E-state index is 9.93. The normalized spacial score (nSPS) is 14.3. The van der Waals surface area contributed by atoms with Gasteiger partial charge >= 0.3 is 0 Å². The highest BCUT2D eigenvalue weighted by Crippen LogP contribution is 2.26. The third-order valence-electron chi connectivity index (χ3n) is 2.84. The Morgan fingerprint density at radius 1 is 1.25 bits per heavy atom. The van der Waals surface area contributed by atoms with E-state index in [2.05, 4.69) is 51.0 Å². The molecule has 0 saturated heterocycles. The van der Waals surface area contributed by atoms with Gasteiger partial charge in [-0.05, 0) is 53.4 Å². The molecule has 2 unspecified atom stereocenters. The van der Waals surface area contributed by atoms with Crippen molar-refractivity contribution in [2.45, 2.75) is 39.4 Å². The molecule has 0 aliphatic rings. The maximum Gasteiger partial charge on any atom is 0.0945 e. The molecule has 0 bridgehead atoms. The van der Waals surface area contributed by atoms with Crippen LogP contribution in [0.5, 0.6) is 0 Å². The van der Waals surface area contributed by atoms with E-state index >= 15 is 0 Å². The monoisotopic (exact) mass is 407 g/mol. The summed E-state index contributed by atoms with van der Waals surface area (Å²) in [6.07, 6.45) is 0.683. The summed E-state index contributed by atoms with van der Waals surface area (Å²) in [5.74, 6) is 0.610. The molecule has 0 aliphatic heterocycles. The van der Waals surface area contributed by atoms with Crippen LogP contribution in [0.25, 0.3) is 0 Å². The molecule has 3 nitrogen and oxygen atoms in total. The largest absolute Gasteiger partial charge is 0.389 e. The van der Waals surface area contributed by atoms with Crippen molar-refractivity contribution in [1.29, 1.82) is 0 Å². The first-order chi connectivity index (χ1) is 9.38. The second-order valence-electron chi connectivity index (χ2n) is 5.43. The average molecular weight is 409 g/mol. The van der Waals surface area contributed by atoms with Crippen LogP contribution in [0.15, 0.2) is 27.1 Å². The lowest BCUT2D eigenvalue weighted by Gasteiger charge is -2.19. The molecule has 0 fully saturated rings. The molecule has 20 heavy (non-hydrogen) atoms. The number of benzene rings is 1. The number of aliphatic hydroxyl groups excluding tert-OH is 1. The summed E-state index contributed by atoms with van der Waals surface area (Å²) < 4.78 is 7.62. The van der Waals surface area contributed by atoms with E-state index in [0.29, 0.717) is 19.1 Å². The lowest BCUT2D eigenvalue weighted by atomic mass is 10.1. The zero-order valence-electron chi connectivity index (χ0n) is 12.2. The number of ether oxygens (including phenoxy) is 1. The van der Waals surface area contributed by atoms with Gasteiger partial charge in [-0.3, -0.25) is 0 Å². The van der Waals surface area contributed by atoms with E-state index in [1.165, 1.54) is 0 Å². The molecular weight excluding hydrogens is 386 g/mol. The van der Waals surface area contributed by atoms with Gasteiger partial charge in [0.25, 0.3) is 0 Å².